The molecule has 0 aromatic heterocycles. The number of carbonyl (C=O) groups excluding carboxylic acids is 1. The van der Waals surface area contributed by atoms with E-state index < -0.39 is 70.1 Å². The highest BCUT2D eigenvalue weighted by Crippen LogP contribution is 2.31. The normalized spacial score (nSPS) is 18.7. The van der Waals surface area contributed by atoms with Crippen LogP contribution in [0, 0.1) is 0 Å². The zero-order chi connectivity index (χ0) is 37.9. The first-order valence-corrected chi connectivity index (χ1v) is 32.4. The van der Waals surface area contributed by atoms with Crippen LogP contribution in [-0.4, -0.2) is 118 Å². The van der Waals surface area contributed by atoms with Crippen LogP contribution in [0.5, 0.6) is 0 Å². The summed E-state index contributed by atoms with van der Waals surface area (Å²) in [6.45, 7) is 17.0. The summed E-state index contributed by atoms with van der Waals surface area (Å²) in [5.74, 6) is -1.07. The van der Waals surface area contributed by atoms with Crippen molar-refractivity contribution in [2.24, 2.45) is 0 Å². The molecule has 4 atom stereocenters. The number of halogens is 3. The first-order chi connectivity index (χ1) is 23.1. The number of hydrogen-bond donors (Lipinski definition) is 1. The van der Waals surface area contributed by atoms with Gasteiger partial charge in [0.05, 0.1) is 21.3 Å². The molecule has 20 heteroatoms. The molecule has 1 aliphatic heterocycles. The third-order valence-corrected chi connectivity index (χ3v) is 31.3. The van der Waals surface area contributed by atoms with Gasteiger partial charge in [-0.1, -0.05) is 36.5 Å². The van der Waals surface area contributed by atoms with Crippen molar-refractivity contribution in [1.82, 2.24) is 0 Å². The van der Waals surface area contributed by atoms with Crippen LogP contribution in [0.4, 0.5) is 18.9 Å². The van der Waals surface area contributed by atoms with Gasteiger partial charge in [0.1, 0.15) is 12.5 Å². The van der Waals surface area contributed by atoms with Crippen molar-refractivity contribution in [3.8, 4) is 0 Å². The third-order valence-electron chi connectivity index (χ3n) is 8.85. The van der Waals surface area contributed by atoms with Crippen molar-refractivity contribution < 1.29 is 57.5 Å². The Labute approximate surface area is 304 Å². The SMILES string of the molecule is CO[Si](C)(CCCOCC1CO1)O[Si](C)(CC[Si](OC)(OC)OC)O[SiH](C)O[Si](C)(C)CC[Si](C)(C)c1cccc(NC(=O)CC(F)(F)F)c1. The highest BCUT2D eigenvalue weighted by atomic mass is 28.5. The van der Waals surface area contributed by atoms with Crippen molar-refractivity contribution in [3.63, 3.8) is 0 Å². The van der Waals surface area contributed by atoms with E-state index >= 15 is 0 Å². The van der Waals surface area contributed by atoms with E-state index in [0.29, 0.717) is 31.0 Å². The van der Waals surface area contributed by atoms with Gasteiger partial charge in [-0.15, -0.1) is 0 Å². The van der Waals surface area contributed by atoms with E-state index in [0.717, 1.165) is 36.3 Å². The summed E-state index contributed by atoms with van der Waals surface area (Å²) in [5.41, 5.74) is 0.373. The fourth-order valence-electron chi connectivity index (χ4n) is 5.64. The Morgan fingerprint density at radius 1 is 0.900 bits per heavy atom. The average Bonchev–Trinajstić information content (AvgIpc) is 3.84. The largest absolute Gasteiger partial charge is 0.500 e. The lowest BCUT2D eigenvalue weighted by atomic mass is 10.3. The Hall–Kier alpha value is -0.579. The molecule has 2 rings (SSSR count). The summed E-state index contributed by atoms with van der Waals surface area (Å²) in [6.07, 6.45) is -5.05. The number of rotatable bonds is 25. The lowest BCUT2D eigenvalue weighted by Crippen LogP contribution is -2.56. The van der Waals surface area contributed by atoms with Crippen molar-refractivity contribution in [1.29, 1.82) is 0 Å². The second kappa shape index (κ2) is 19.7. The number of hydrogen-bond acceptors (Lipinski definition) is 10. The molecule has 11 nitrogen and oxygen atoms in total. The molecule has 1 fully saturated rings. The summed E-state index contributed by atoms with van der Waals surface area (Å²) < 4.78 is 92.9. The van der Waals surface area contributed by atoms with E-state index in [9.17, 15) is 18.0 Å². The van der Waals surface area contributed by atoms with Gasteiger partial charge >= 0.3 is 32.1 Å². The summed E-state index contributed by atoms with van der Waals surface area (Å²) in [5, 5.41) is 3.45. The second-order valence-electron chi connectivity index (χ2n) is 14.4. The standard InChI is InChI=1S/C30H60F3NO10Si6/c1-36-48(10,17-13-16-40-24-27-25-41-27)44-49(11,20-21-50(37-2,38-3)39-4)43-45(5)42-47(8,9)19-18-46(6,7)28-15-12-14-26(22-28)34-29(35)23-30(31,32)33/h12,14-15,22,27,45H,13,16-21,23-25H2,1-11H3,(H,34,35). The Balaban J connectivity index is 2.10. The number of carbonyl (C=O) groups is 1. The van der Waals surface area contributed by atoms with Crippen LogP contribution >= 0.6 is 0 Å². The average molecular weight is 820 g/mol. The molecule has 1 aromatic carbocycles. The summed E-state index contributed by atoms with van der Waals surface area (Å²) in [4.78, 5) is 11.9. The molecule has 1 saturated heterocycles. The molecule has 0 saturated carbocycles. The first-order valence-electron chi connectivity index (χ1n) is 17.1. The minimum Gasteiger partial charge on any atom is -0.439 e. The topological polar surface area (TPSA) is 115 Å². The fraction of sp³-hybridized carbons (Fsp3) is 0.767. The van der Waals surface area contributed by atoms with Crippen LogP contribution in [0.15, 0.2) is 24.3 Å². The predicted octanol–water partition coefficient (Wildman–Crippen LogP) is 6.07. The van der Waals surface area contributed by atoms with Crippen LogP contribution in [-0.2, 0) is 44.3 Å². The van der Waals surface area contributed by atoms with Gasteiger partial charge in [-0.3, -0.25) is 4.79 Å². The number of benzene rings is 1. The molecule has 1 aromatic rings. The van der Waals surface area contributed by atoms with Crippen LogP contribution in [0.1, 0.15) is 12.8 Å². The Morgan fingerprint density at radius 2 is 1.54 bits per heavy atom. The maximum absolute atomic E-state index is 12.7. The Bertz CT molecular complexity index is 1190. The highest BCUT2D eigenvalue weighted by Gasteiger charge is 2.48. The minimum absolute atomic E-state index is 0.223. The molecular formula is C30H60F3NO10Si6. The zero-order valence-corrected chi connectivity index (χ0v) is 37.9. The van der Waals surface area contributed by atoms with Gasteiger partial charge in [0.25, 0.3) is 9.28 Å². The van der Waals surface area contributed by atoms with Gasteiger partial charge in [0, 0.05) is 46.8 Å². The molecule has 0 radical (unpaired) electrons. The summed E-state index contributed by atoms with van der Waals surface area (Å²) in [7, 11) is -8.48. The van der Waals surface area contributed by atoms with E-state index in [1.807, 2.05) is 12.6 Å². The van der Waals surface area contributed by atoms with Crippen LogP contribution < -0.4 is 10.5 Å². The minimum atomic E-state index is -4.56. The van der Waals surface area contributed by atoms with E-state index in [-0.39, 0.29) is 6.10 Å². The van der Waals surface area contributed by atoms with Crippen molar-refractivity contribution in [3.05, 3.63) is 24.3 Å². The Kier molecular flexibility index (Phi) is 17.9. The second-order valence-corrected chi connectivity index (χ2v) is 36.1. The maximum atomic E-state index is 12.7. The molecule has 1 amide bonds. The van der Waals surface area contributed by atoms with E-state index in [1.165, 1.54) is 0 Å². The molecule has 1 aliphatic rings. The van der Waals surface area contributed by atoms with Gasteiger partial charge in [-0.25, -0.2) is 0 Å². The van der Waals surface area contributed by atoms with Crippen molar-refractivity contribution in [2.45, 2.75) is 101 Å². The van der Waals surface area contributed by atoms with Gasteiger partial charge in [-0.2, -0.15) is 13.2 Å². The molecule has 50 heavy (non-hydrogen) atoms. The van der Waals surface area contributed by atoms with Crippen molar-refractivity contribution in [2.75, 3.05) is 53.6 Å². The highest BCUT2D eigenvalue weighted by molar-refractivity contribution is 6.91. The number of nitrogens with one attached hydrogen (secondary N) is 1. The van der Waals surface area contributed by atoms with Crippen LogP contribution in [0.25, 0.3) is 0 Å². The molecule has 0 spiro atoms. The number of amides is 1. The zero-order valence-electron chi connectivity index (χ0n) is 31.8. The van der Waals surface area contributed by atoms with Gasteiger partial charge in [-0.05, 0) is 69.4 Å². The Morgan fingerprint density at radius 3 is 2.10 bits per heavy atom. The third kappa shape index (κ3) is 16.6. The quantitative estimate of drug-likeness (QED) is 0.0709. The molecule has 1 N–H and O–H groups in total. The number of alkyl halides is 3. The lowest BCUT2D eigenvalue weighted by molar-refractivity contribution is -0.150. The summed E-state index contributed by atoms with van der Waals surface area (Å²) >= 11 is 0. The monoisotopic (exact) mass is 819 g/mol. The smallest absolute Gasteiger partial charge is 0.439 e. The molecule has 290 valence electrons. The number of anilines is 1. The predicted molar refractivity (Wildman–Crippen MR) is 203 cm³/mol. The van der Waals surface area contributed by atoms with Crippen molar-refractivity contribution >= 4 is 68.4 Å². The number of epoxide rings is 1. The van der Waals surface area contributed by atoms with Gasteiger partial charge in [0.2, 0.25) is 5.91 Å². The maximum Gasteiger partial charge on any atom is 0.500 e. The molecule has 4 unspecified atom stereocenters. The molecular weight excluding hydrogens is 760 g/mol. The molecule has 1 heterocycles. The molecule has 0 aliphatic carbocycles. The van der Waals surface area contributed by atoms with E-state index in [2.05, 4.69) is 44.6 Å². The fourth-order valence-corrected chi connectivity index (χ4v) is 30.5. The lowest BCUT2D eigenvalue weighted by Gasteiger charge is -2.40. The van der Waals surface area contributed by atoms with Gasteiger partial charge < -0.3 is 44.8 Å². The first kappa shape index (κ1) is 45.6. The summed E-state index contributed by atoms with van der Waals surface area (Å²) in [6, 6.07) is 10.8. The molecule has 0 bridgehead atoms. The van der Waals surface area contributed by atoms with Gasteiger partial charge in [0.15, 0.2) is 8.32 Å². The van der Waals surface area contributed by atoms with E-state index in [1.54, 1.807) is 46.6 Å². The van der Waals surface area contributed by atoms with Crippen LogP contribution in [0.2, 0.25) is 76.0 Å². The van der Waals surface area contributed by atoms with Crippen LogP contribution in [0.3, 0.4) is 0 Å². The number of ether oxygens (including phenoxy) is 2. The van der Waals surface area contributed by atoms with E-state index in [4.69, 9.17) is 39.5 Å².